The molecule has 0 radical (unpaired) electrons. The van der Waals surface area contributed by atoms with Crippen LogP contribution in [0.25, 0.3) is 11.4 Å². The molecule has 19 heavy (non-hydrogen) atoms. The number of aromatic amines is 1. The highest BCUT2D eigenvalue weighted by Crippen LogP contribution is 2.19. The van der Waals surface area contributed by atoms with Crippen molar-refractivity contribution in [2.75, 3.05) is 24.5 Å². The van der Waals surface area contributed by atoms with Gasteiger partial charge in [-0.1, -0.05) is 12.1 Å². The van der Waals surface area contributed by atoms with Crippen LogP contribution < -0.4 is 10.2 Å². The van der Waals surface area contributed by atoms with Crippen LogP contribution in [-0.2, 0) is 0 Å². The molecule has 0 saturated carbocycles. The lowest BCUT2D eigenvalue weighted by Gasteiger charge is -2.30. The Kier molecular flexibility index (Phi) is 3.69. The van der Waals surface area contributed by atoms with Crippen LogP contribution in [0.2, 0.25) is 0 Å². The molecule has 100 valence electrons. The Labute approximate surface area is 125 Å². The summed E-state index contributed by atoms with van der Waals surface area (Å²) in [5.74, 6) is 1.62. The summed E-state index contributed by atoms with van der Waals surface area (Å²) < 4.78 is 1.22. The average Bonchev–Trinajstić information content (AvgIpc) is 2.89. The smallest absolute Gasteiger partial charge is 0.245 e. The van der Waals surface area contributed by atoms with Crippen molar-refractivity contribution in [2.24, 2.45) is 0 Å². The van der Waals surface area contributed by atoms with Gasteiger partial charge in [-0.3, -0.25) is 5.10 Å². The molecule has 0 bridgehead atoms. The fourth-order valence-corrected chi connectivity index (χ4v) is 2.60. The lowest BCUT2D eigenvalue weighted by molar-refractivity contribution is 0.480. The van der Waals surface area contributed by atoms with Gasteiger partial charge in [0.05, 0.1) is 0 Å². The monoisotopic (exact) mass is 369 g/mol. The van der Waals surface area contributed by atoms with Crippen LogP contribution in [0.5, 0.6) is 0 Å². The molecule has 1 saturated heterocycles. The molecule has 1 aromatic heterocycles. The molecule has 6 heteroatoms. The van der Waals surface area contributed by atoms with Gasteiger partial charge in [-0.2, -0.15) is 4.98 Å². The third-order valence-corrected chi connectivity index (χ3v) is 3.96. The Hall–Kier alpha value is -1.15. The van der Waals surface area contributed by atoms with Crippen LogP contribution in [0.3, 0.4) is 0 Å². The first kappa shape index (κ1) is 12.9. The number of hydrogen-bond donors (Lipinski definition) is 2. The van der Waals surface area contributed by atoms with Gasteiger partial charge in [0, 0.05) is 34.8 Å². The summed E-state index contributed by atoms with van der Waals surface area (Å²) >= 11 is 2.30. The Morgan fingerprint density at radius 3 is 2.84 bits per heavy atom. The zero-order valence-corrected chi connectivity index (χ0v) is 12.9. The molecule has 5 nitrogen and oxygen atoms in total. The van der Waals surface area contributed by atoms with Crippen molar-refractivity contribution in [3.63, 3.8) is 0 Å². The van der Waals surface area contributed by atoms with E-state index in [0.717, 1.165) is 37.0 Å². The summed E-state index contributed by atoms with van der Waals surface area (Å²) in [4.78, 5) is 6.81. The van der Waals surface area contributed by atoms with Crippen molar-refractivity contribution in [3.05, 3.63) is 27.8 Å². The largest absolute Gasteiger partial charge is 0.337 e. The molecule has 1 aromatic carbocycles. The van der Waals surface area contributed by atoms with Crippen LogP contribution in [0.15, 0.2) is 24.3 Å². The van der Waals surface area contributed by atoms with Crippen LogP contribution in [0.1, 0.15) is 6.92 Å². The number of piperazine rings is 1. The van der Waals surface area contributed by atoms with Gasteiger partial charge in [-0.05, 0) is 41.6 Å². The highest BCUT2D eigenvalue weighted by atomic mass is 127. The molecular weight excluding hydrogens is 353 g/mol. The Balaban J connectivity index is 1.81. The maximum atomic E-state index is 4.60. The SMILES string of the molecule is C[C@H]1CN(c2n[nH]c(-c3ccc(I)cc3)n2)CCN1. The molecule has 1 atom stereocenters. The Morgan fingerprint density at radius 2 is 2.11 bits per heavy atom. The molecule has 2 N–H and O–H groups in total. The van der Waals surface area contributed by atoms with E-state index in [2.05, 4.69) is 79.2 Å². The number of hydrogen-bond acceptors (Lipinski definition) is 4. The van der Waals surface area contributed by atoms with Gasteiger partial charge in [-0.25, -0.2) is 0 Å². The van der Waals surface area contributed by atoms with Gasteiger partial charge in [0.15, 0.2) is 5.82 Å². The molecule has 2 aromatic rings. The summed E-state index contributed by atoms with van der Waals surface area (Å²) in [6, 6.07) is 8.75. The van der Waals surface area contributed by atoms with E-state index in [1.807, 2.05) is 0 Å². The van der Waals surface area contributed by atoms with E-state index in [4.69, 9.17) is 0 Å². The highest BCUT2D eigenvalue weighted by molar-refractivity contribution is 14.1. The summed E-state index contributed by atoms with van der Waals surface area (Å²) in [5, 5.41) is 10.8. The molecule has 1 aliphatic rings. The average molecular weight is 369 g/mol. The molecule has 1 fully saturated rings. The molecule has 3 rings (SSSR count). The fourth-order valence-electron chi connectivity index (χ4n) is 2.25. The first-order chi connectivity index (χ1) is 9.22. The maximum Gasteiger partial charge on any atom is 0.245 e. The van der Waals surface area contributed by atoms with Gasteiger partial charge in [0.25, 0.3) is 0 Å². The lowest BCUT2D eigenvalue weighted by atomic mass is 10.2. The van der Waals surface area contributed by atoms with E-state index in [1.165, 1.54) is 3.57 Å². The van der Waals surface area contributed by atoms with Gasteiger partial charge >= 0.3 is 0 Å². The third-order valence-electron chi connectivity index (χ3n) is 3.24. The Bertz CT molecular complexity index is 550. The molecule has 0 amide bonds. The van der Waals surface area contributed by atoms with Crippen molar-refractivity contribution < 1.29 is 0 Å². The van der Waals surface area contributed by atoms with Crippen molar-refractivity contribution in [1.29, 1.82) is 0 Å². The van der Waals surface area contributed by atoms with E-state index in [9.17, 15) is 0 Å². The molecule has 0 spiro atoms. The summed E-state index contributed by atoms with van der Waals surface area (Å²) in [7, 11) is 0. The van der Waals surface area contributed by atoms with Gasteiger partial charge < -0.3 is 10.2 Å². The van der Waals surface area contributed by atoms with E-state index in [1.54, 1.807) is 0 Å². The highest BCUT2D eigenvalue weighted by Gasteiger charge is 2.19. The number of H-pyrrole nitrogens is 1. The predicted molar refractivity (Wildman–Crippen MR) is 84.2 cm³/mol. The second kappa shape index (κ2) is 5.46. The summed E-state index contributed by atoms with van der Waals surface area (Å²) in [6.07, 6.45) is 0. The van der Waals surface area contributed by atoms with Crippen molar-refractivity contribution in [3.8, 4) is 11.4 Å². The molecule has 0 aliphatic carbocycles. The van der Waals surface area contributed by atoms with Crippen LogP contribution in [0, 0.1) is 3.57 Å². The van der Waals surface area contributed by atoms with E-state index < -0.39 is 0 Å². The van der Waals surface area contributed by atoms with Crippen molar-refractivity contribution in [2.45, 2.75) is 13.0 Å². The van der Waals surface area contributed by atoms with Crippen LogP contribution in [0.4, 0.5) is 5.95 Å². The summed E-state index contributed by atoms with van der Waals surface area (Å²) in [5.41, 5.74) is 1.07. The number of anilines is 1. The van der Waals surface area contributed by atoms with Crippen molar-refractivity contribution >= 4 is 28.5 Å². The minimum Gasteiger partial charge on any atom is -0.337 e. The number of nitrogens with zero attached hydrogens (tertiary/aromatic N) is 3. The third kappa shape index (κ3) is 2.89. The zero-order chi connectivity index (χ0) is 13.2. The standard InChI is InChI=1S/C13H16IN5/c1-9-8-19(7-6-15-9)13-16-12(17-18-13)10-2-4-11(14)5-3-10/h2-5,9,15H,6-8H2,1H3,(H,16,17,18)/t9-/m0/s1. The summed E-state index contributed by atoms with van der Waals surface area (Å²) in [6.45, 7) is 5.06. The normalized spacial score (nSPS) is 19.7. The second-order valence-corrected chi connectivity index (χ2v) is 6.04. The lowest BCUT2D eigenvalue weighted by Crippen LogP contribution is -2.49. The van der Waals surface area contributed by atoms with Crippen molar-refractivity contribution in [1.82, 2.24) is 20.5 Å². The van der Waals surface area contributed by atoms with Gasteiger partial charge in [0.2, 0.25) is 5.95 Å². The fraction of sp³-hybridized carbons (Fsp3) is 0.385. The van der Waals surface area contributed by atoms with Crippen LogP contribution in [-0.4, -0.2) is 40.9 Å². The minimum absolute atomic E-state index is 0.481. The van der Waals surface area contributed by atoms with E-state index >= 15 is 0 Å². The zero-order valence-electron chi connectivity index (χ0n) is 10.7. The predicted octanol–water partition coefficient (Wildman–Crippen LogP) is 1.87. The van der Waals surface area contributed by atoms with Gasteiger partial charge in [0.1, 0.15) is 0 Å². The number of aromatic nitrogens is 3. The van der Waals surface area contributed by atoms with Crippen LogP contribution >= 0.6 is 22.6 Å². The molecule has 2 heterocycles. The van der Waals surface area contributed by atoms with Gasteiger partial charge in [-0.15, -0.1) is 5.10 Å². The molecular formula is C13H16IN5. The quantitative estimate of drug-likeness (QED) is 0.794. The maximum absolute atomic E-state index is 4.60. The first-order valence-corrected chi connectivity index (χ1v) is 7.47. The Morgan fingerprint density at radius 1 is 1.32 bits per heavy atom. The number of benzene rings is 1. The first-order valence-electron chi connectivity index (χ1n) is 6.39. The van der Waals surface area contributed by atoms with E-state index in [0.29, 0.717) is 6.04 Å². The number of rotatable bonds is 2. The number of halogens is 1. The topological polar surface area (TPSA) is 56.8 Å². The molecule has 1 aliphatic heterocycles. The minimum atomic E-state index is 0.481. The molecule has 0 unspecified atom stereocenters. The van der Waals surface area contributed by atoms with E-state index in [-0.39, 0.29) is 0 Å². The number of nitrogens with one attached hydrogen (secondary N) is 2. The second-order valence-electron chi connectivity index (χ2n) is 4.79.